The molecule has 1 atom stereocenters. The number of ketones is 1. The second-order valence-corrected chi connectivity index (χ2v) is 7.83. The first kappa shape index (κ1) is 18.3. The number of benzene rings is 1. The molecule has 6 heteroatoms. The number of hydrogen-bond acceptors (Lipinski definition) is 4. The summed E-state index contributed by atoms with van der Waals surface area (Å²) in [5.74, 6) is 0.0939. The summed E-state index contributed by atoms with van der Waals surface area (Å²) in [5, 5.41) is 6.18. The monoisotopic (exact) mass is 370 g/mol. The van der Waals surface area contributed by atoms with Crippen molar-refractivity contribution in [2.75, 3.05) is 12.4 Å². The lowest BCUT2D eigenvalue weighted by Crippen LogP contribution is -2.22. The van der Waals surface area contributed by atoms with E-state index >= 15 is 0 Å². The smallest absolute Gasteiger partial charge is 0.256 e. The van der Waals surface area contributed by atoms with Gasteiger partial charge in [-0.1, -0.05) is 19.1 Å². The quantitative estimate of drug-likeness (QED) is 0.806. The maximum Gasteiger partial charge on any atom is 0.256 e. The Hall–Kier alpha value is -2.47. The van der Waals surface area contributed by atoms with Crippen molar-refractivity contribution in [1.29, 1.82) is 0 Å². The number of Topliss-reactive ketones (excluding diaryl/α,β-unsaturated/α-hetero) is 1. The predicted octanol–water partition coefficient (Wildman–Crippen LogP) is 3.69. The van der Waals surface area contributed by atoms with Crippen LogP contribution in [0.4, 0.5) is 5.00 Å². The molecule has 0 aliphatic heterocycles. The van der Waals surface area contributed by atoms with Crippen LogP contribution in [-0.2, 0) is 12.8 Å². The molecule has 0 spiro atoms. The summed E-state index contributed by atoms with van der Waals surface area (Å²) in [6.45, 7) is 3.69. The van der Waals surface area contributed by atoms with Gasteiger partial charge in [-0.15, -0.1) is 11.3 Å². The molecule has 26 heavy (non-hydrogen) atoms. The molecular formula is C20H22N2O3S. The van der Waals surface area contributed by atoms with Crippen LogP contribution in [0.15, 0.2) is 24.3 Å². The molecule has 1 heterocycles. The van der Waals surface area contributed by atoms with E-state index in [1.54, 1.807) is 31.3 Å². The maximum absolute atomic E-state index is 12.6. The van der Waals surface area contributed by atoms with Crippen molar-refractivity contribution in [2.24, 2.45) is 5.92 Å². The van der Waals surface area contributed by atoms with E-state index in [9.17, 15) is 14.4 Å². The number of carbonyl (C=O) groups is 3. The van der Waals surface area contributed by atoms with Gasteiger partial charge in [0.25, 0.3) is 11.8 Å². The summed E-state index contributed by atoms with van der Waals surface area (Å²) in [6.07, 6.45) is 2.85. The molecule has 136 valence electrons. The van der Waals surface area contributed by atoms with Crippen molar-refractivity contribution in [1.82, 2.24) is 5.32 Å². The molecule has 3 rings (SSSR count). The molecule has 2 aromatic rings. The van der Waals surface area contributed by atoms with Crippen LogP contribution in [-0.4, -0.2) is 24.6 Å². The Morgan fingerprint density at radius 1 is 1.08 bits per heavy atom. The highest BCUT2D eigenvalue weighted by Gasteiger charge is 2.28. The Morgan fingerprint density at radius 3 is 2.35 bits per heavy atom. The highest BCUT2D eigenvalue weighted by molar-refractivity contribution is 7.17. The van der Waals surface area contributed by atoms with Gasteiger partial charge in [-0.05, 0) is 49.8 Å². The number of rotatable bonds is 4. The van der Waals surface area contributed by atoms with Gasteiger partial charge in [0, 0.05) is 23.1 Å². The van der Waals surface area contributed by atoms with Gasteiger partial charge in [-0.25, -0.2) is 0 Å². The second kappa shape index (κ2) is 7.41. The van der Waals surface area contributed by atoms with Gasteiger partial charge in [0.15, 0.2) is 5.78 Å². The van der Waals surface area contributed by atoms with Crippen LogP contribution in [0.3, 0.4) is 0 Å². The second-order valence-electron chi connectivity index (χ2n) is 6.72. The van der Waals surface area contributed by atoms with Crippen LogP contribution in [0.5, 0.6) is 0 Å². The standard InChI is InChI=1S/C20H22N2O3S/c1-11-4-9-15-16(10-11)26-20(17(15)19(25)21-3)22-18(24)14-7-5-13(6-8-14)12(2)23/h5-8,11H,4,9-10H2,1-3H3,(H,21,25)(H,22,24)/t11-/m0/s1. The summed E-state index contributed by atoms with van der Waals surface area (Å²) in [4.78, 5) is 37.6. The highest BCUT2D eigenvalue weighted by Crippen LogP contribution is 2.39. The number of fused-ring (bicyclic) bond motifs is 1. The van der Waals surface area contributed by atoms with Gasteiger partial charge in [-0.2, -0.15) is 0 Å². The Bertz CT molecular complexity index is 868. The Labute approximate surface area is 156 Å². The molecule has 0 unspecified atom stereocenters. The fraction of sp³-hybridized carbons (Fsp3) is 0.350. The van der Waals surface area contributed by atoms with Gasteiger partial charge >= 0.3 is 0 Å². The summed E-state index contributed by atoms with van der Waals surface area (Å²) >= 11 is 1.49. The van der Waals surface area contributed by atoms with Crippen LogP contribution in [0.25, 0.3) is 0 Å². The zero-order valence-electron chi connectivity index (χ0n) is 15.1. The molecule has 1 aromatic heterocycles. The summed E-state index contributed by atoms with van der Waals surface area (Å²) < 4.78 is 0. The Morgan fingerprint density at radius 2 is 1.73 bits per heavy atom. The zero-order valence-corrected chi connectivity index (χ0v) is 16.0. The summed E-state index contributed by atoms with van der Waals surface area (Å²) in [5.41, 5.74) is 2.67. The molecule has 2 N–H and O–H groups in total. The number of anilines is 1. The van der Waals surface area contributed by atoms with E-state index in [1.807, 2.05) is 0 Å². The number of nitrogens with one attached hydrogen (secondary N) is 2. The topological polar surface area (TPSA) is 75.3 Å². The lowest BCUT2D eigenvalue weighted by atomic mass is 9.88. The van der Waals surface area contributed by atoms with Crippen molar-refractivity contribution >= 4 is 33.9 Å². The van der Waals surface area contributed by atoms with E-state index < -0.39 is 0 Å². The van der Waals surface area contributed by atoms with Crippen molar-refractivity contribution in [3.63, 3.8) is 0 Å². The van der Waals surface area contributed by atoms with Gasteiger partial charge in [0.2, 0.25) is 0 Å². The average molecular weight is 370 g/mol. The Balaban J connectivity index is 1.90. The molecule has 0 saturated heterocycles. The van der Waals surface area contributed by atoms with Crippen molar-refractivity contribution in [2.45, 2.75) is 33.1 Å². The van der Waals surface area contributed by atoms with Gasteiger partial charge in [0.1, 0.15) is 5.00 Å². The van der Waals surface area contributed by atoms with Gasteiger partial charge < -0.3 is 10.6 Å². The van der Waals surface area contributed by atoms with Gasteiger partial charge in [0.05, 0.1) is 5.56 Å². The van der Waals surface area contributed by atoms with Crippen LogP contribution in [0.1, 0.15) is 61.8 Å². The molecule has 1 aliphatic rings. The normalized spacial score (nSPS) is 15.9. The molecule has 1 aromatic carbocycles. The molecule has 0 fully saturated rings. The largest absolute Gasteiger partial charge is 0.355 e. The SMILES string of the molecule is CNC(=O)c1c(NC(=O)c2ccc(C(C)=O)cc2)sc2c1CC[C@H](C)C2. The number of hydrogen-bond donors (Lipinski definition) is 2. The minimum absolute atomic E-state index is 0.0427. The molecular weight excluding hydrogens is 348 g/mol. The minimum atomic E-state index is -0.281. The third-order valence-electron chi connectivity index (χ3n) is 4.75. The molecule has 0 bridgehead atoms. The zero-order chi connectivity index (χ0) is 18.8. The first-order valence-corrected chi connectivity index (χ1v) is 9.51. The van der Waals surface area contributed by atoms with Crippen LogP contribution < -0.4 is 10.6 Å². The lowest BCUT2D eigenvalue weighted by Gasteiger charge is -2.18. The number of amides is 2. The summed E-state index contributed by atoms with van der Waals surface area (Å²) in [7, 11) is 1.60. The third kappa shape index (κ3) is 3.55. The van der Waals surface area contributed by atoms with E-state index in [0.717, 1.165) is 24.8 Å². The van der Waals surface area contributed by atoms with Crippen LogP contribution in [0, 0.1) is 5.92 Å². The third-order valence-corrected chi connectivity index (χ3v) is 5.92. The van der Waals surface area contributed by atoms with Crippen LogP contribution in [0.2, 0.25) is 0 Å². The lowest BCUT2D eigenvalue weighted by molar-refractivity contribution is 0.0961. The minimum Gasteiger partial charge on any atom is -0.355 e. The number of thiophene rings is 1. The first-order chi connectivity index (χ1) is 12.4. The highest BCUT2D eigenvalue weighted by atomic mass is 32.1. The van der Waals surface area contributed by atoms with E-state index in [2.05, 4.69) is 17.6 Å². The molecule has 2 amide bonds. The fourth-order valence-electron chi connectivity index (χ4n) is 3.24. The van der Waals surface area contributed by atoms with E-state index in [0.29, 0.717) is 27.6 Å². The Kier molecular flexibility index (Phi) is 5.23. The predicted molar refractivity (Wildman–Crippen MR) is 103 cm³/mol. The number of carbonyl (C=O) groups excluding carboxylic acids is 3. The molecule has 1 aliphatic carbocycles. The first-order valence-electron chi connectivity index (χ1n) is 8.69. The van der Waals surface area contributed by atoms with E-state index in [4.69, 9.17) is 0 Å². The van der Waals surface area contributed by atoms with Crippen molar-refractivity contribution in [3.8, 4) is 0 Å². The summed E-state index contributed by atoms with van der Waals surface area (Å²) in [6, 6.07) is 6.53. The van der Waals surface area contributed by atoms with E-state index in [1.165, 1.54) is 23.1 Å². The maximum atomic E-state index is 12.6. The molecule has 5 nitrogen and oxygen atoms in total. The van der Waals surface area contributed by atoms with Crippen molar-refractivity contribution in [3.05, 3.63) is 51.4 Å². The van der Waals surface area contributed by atoms with E-state index in [-0.39, 0.29) is 17.6 Å². The van der Waals surface area contributed by atoms with Gasteiger partial charge in [-0.3, -0.25) is 14.4 Å². The average Bonchev–Trinajstić information content (AvgIpc) is 2.97. The molecule has 0 radical (unpaired) electrons. The van der Waals surface area contributed by atoms with Crippen LogP contribution >= 0.6 is 11.3 Å². The molecule has 0 saturated carbocycles. The van der Waals surface area contributed by atoms with Crippen molar-refractivity contribution < 1.29 is 14.4 Å². The fourth-order valence-corrected chi connectivity index (χ4v) is 4.64.